The van der Waals surface area contributed by atoms with Gasteiger partial charge < -0.3 is 9.88 Å². The van der Waals surface area contributed by atoms with Gasteiger partial charge in [0, 0.05) is 18.4 Å². The Morgan fingerprint density at radius 2 is 2.05 bits per heavy atom. The number of nitrogens with zero attached hydrogens (tertiary/aromatic N) is 1. The van der Waals surface area contributed by atoms with Gasteiger partial charge in [0.1, 0.15) is 0 Å². The van der Waals surface area contributed by atoms with Crippen molar-refractivity contribution in [3.63, 3.8) is 0 Å². The smallest absolute Gasteiger partial charge is 0.256 e. The zero-order valence-electron chi connectivity index (χ0n) is 11.1. The molecule has 0 radical (unpaired) electrons. The fourth-order valence-electron chi connectivity index (χ4n) is 2.87. The molecule has 0 aliphatic carbocycles. The van der Waals surface area contributed by atoms with Gasteiger partial charge in [-0.25, -0.2) is 0 Å². The number of carbonyl (C=O) groups excluding carboxylic acids is 1. The van der Waals surface area contributed by atoms with Crippen LogP contribution in [-0.4, -0.2) is 22.3 Å². The molecule has 3 rings (SSSR count). The number of nitrogens with one attached hydrogen (secondary N) is 1. The summed E-state index contributed by atoms with van der Waals surface area (Å²) in [6.07, 6.45) is 3.96. The lowest BCUT2D eigenvalue weighted by Crippen LogP contribution is -2.30. The van der Waals surface area contributed by atoms with E-state index in [9.17, 15) is 4.79 Å². The summed E-state index contributed by atoms with van der Waals surface area (Å²) in [6, 6.07) is 12.4. The highest BCUT2D eigenvalue weighted by molar-refractivity contribution is 5.95. The molecule has 1 atom stereocenters. The van der Waals surface area contributed by atoms with Crippen molar-refractivity contribution in [3.8, 4) is 0 Å². The molecule has 1 aromatic heterocycles. The molecule has 1 fully saturated rings. The van der Waals surface area contributed by atoms with Gasteiger partial charge >= 0.3 is 0 Å². The summed E-state index contributed by atoms with van der Waals surface area (Å²) >= 11 is 0. The topological polar surface area (TPSA) is 36.1 Å². The van der Waals surface area contributed by atoms with Crippen LogP contribution in [0.25, 0.3) is 0 Å². The molecular weight excluding hydrogens is 236 g/mol. The first-order valence-corrected chi connectivity index (χ1v) is 6.77. The van der Waals surface area contributed by atoms with Crippen molar-refractivity contribution in [2.75, 3.05) is 6.54 Å². The van der Waals surface area contributed by atoms with Crippen LogP contribution in [0.3, 0.4) is 0 Å². The van der Waals surface area contributed by atoms with Crippen molar-refractivity contribution in [2.24, 2.45) is 0 Å². The molecule has 1 N–H and O–H groups in total. The van der Waals surface area contributed by atoms with Crippen LogP contribution >= 0.6 is 0 Å². The Morgan fingerprint density at radius 3 is 2.74 bits per heavy atom. The SMILES string of the molecule is Cc1[nH]ccc1C(=O)N1CCCC1c1ccccc1. The lowest BCUT2D eigenvalue weighted by molar-refractivity contribution is 0.0735. The van der Waals surface area contributed by atoms with E-state index in [0.717, 1.165) is 30.6 Å². The van der Waals surface area contributed by atoms with Crippen molar-refractivity contribution in [3.05, 3.63) is 59.4 Å². The molecule has 1 unspecified atom stereocenters. The number of benzene rings is 1. The van der Waals surface area contributed by atoms with E-state index in [1.165, 1.54) is 5.56 Å². The van der Waals surface area contributed by atoms with E-state index in [1.807, 2.05) is 42.3 Å². The maximum Gasteiger partial charge on any atom is 0.256 e. The van der Waals surface area contributed by atoms with Crippen LogP contribution in [0.4, 0.5) is 0 Å². The second-order valence-electron chi connectivity index (χ2n) is 5.08. The van der Waals surface area contributed by atoms with E-state index < -0.39 is 0 Å². The second kappa shape index (κ2) is 4.92. The van der Waals surface area contributed by atoms with Gasteiger partial charge in [0.2, 0.25) is 0 Å². The van der Waals surface area contributed by atoms with E-state index in [0.29, 0.717) is 0 Å². The summed E-state index contributed by atoms with van der Waals surface area (Å²) in [4.78, 5) is 17.7. The second-order valence-corrected chi connectivity index (χ2v) is 5.08. The monoisotopic (exact) mass is 254 g/mol. The fourth-order valence-corrected chi connectivity index (χ4v) is 2.87. The average Bonchev–Trinajstić information content (AvgIpc) is 3.07. The summed E-state index contributed by atoms with van der Waals surface area (Å²) in [5.41, 5.74) is 2.98. The quantitative estimate of drug-likeness (QED) is 0.877. The summed E-state index contributed by atoms with van der Waals surface area (Å²) in [5.74, 6) is 0.144. The van der Waals surface area contributed by atoms with Gasteiger partial charge in [0.05, 0.1) is 11.6 Å². The Hall–Kier alpha value is -2.03. The van der Waals surface area contributed by atoms with Crippen LogP contribution in [-0.2, 0) is 0 Å². The maximum absolute atomic E-state index is 12.6. The Balaban J connectivity index is 1.88. The van der Waals surface area contributed by atoms with Crippen LogP contribution in [0.5, 0.6) is 0 Å². The van der Waals surface area contributed by atoms with Gasteiger partial charge in [0.25, 0.3) is 5.91 Å². The zero-order chi connectivity index (χ0) is 13.2. The molecule has 0 bridgehead atoms. The van der Waals surface area contributed by atoms with Gasteiger partial charge in [-0.05, 0) is 31.4 Å². The lowest BCUT2D eigenvalue weighted by atomic mass is 10.0. The number of hydrogen-bond acceptors (Lipinski definition) is 1. The molecule has 0 saturated carbocycles. The first-order valence-electron chi connectivity index (χ1n) is 6.77. The number of likely N-dealkylation sites (tertiary alicyclic amines) is 1. The molecule has 2 aromatic rings. The van der Waals surface area contributed by atoms with Crippen LogP contribution in [0.1, 0.15) is 40.5 Å². The molecular formula is C16H18N2O. The highest BCUT2D eigenvalue weighted by Crippen LogP contribution is 2.33. The predicted molar refractivity (Wildman–Crippen MR) is 75.0 cm³/mol. The molecule has 1 saturated heterocycles. The van der Waals surface area contributed by atoms with Gasteiger partial charge in [0.15, 0.2) is 0 Å². The van der Waals surface area contributed by atoms with Crippen molar-refractivity contribution in [1.82, 2.24) is 9.88 Å². The molecule has 2 heterocycles. The van der Waals surface area contributed by atoms with Crippen molar-refractivity contribution in [2.45, 2.75) is 25.8 Å². The maximum atomic E-state index is 12.6. The van der Waals surface area contributed by atoms with Gasteiger partial charge in [-0.2, -0.15) is 0 Å². The largest absolute Gasteiger partial charge is 0.365 e. The van der Waals surface area contributed by atoms with E-state index in [4.69, 9.17) is 0 Å². The number of rotatable bonds is 2. The summed E-state index contributed by atoms with van der Waals surface area (Å²) in [6.45, 7) is 2.80. The van der Waals surface area contributed by atoms with E-state index in [-0.39, 0.29) is 11.9 Å². The summed E-state index contributed by atoms with van der Waals surface area (Å²) in [5, 5.41) is 0. The molecule has 1 aliphatic heterocycles. The normalized spacial score (nSPS) is 18.8. The molecule has 1 amide bonds. The number of aromatic nitrogens is 1. The number of H-pyrrole nitrogens is 1. The molecule has 0 spiro atoms. The first kappa shape index (κ1) is 12.0. The Labute approximate surface area is 113 Å². The molecule has 98 valence electrons. The zero-order valence-corrected chi connectivity index (χ0v) is 11.1. The van der Waals surface area contributed by atoms with Crippen molar-refractivity contribution in [1.29, 1.82) is 0 Å². The summed E-state index contributed by atoms with van der Waals surface area (Å²) < 4.78 is 0. The van der Waals surface area contributed by atoms with Crippen LogP contribution < -0.4 is 0 Å². The Bertz CT molecular complexity index is 573. The fraction of sp³-hybridized carbons (Fsp3) is 0.312. The minimum Gasteiger partial charge on any atom is -0.365 e. The molecule has 3 heteroatoms. The third-order valence-corrected chi connectivity index (χ3v) is 3.88. The number of aryl methyl sites for hydroxylation is 1. The molecule has 19 heavy (non-hydrogen) atoms. The van der Waals surface area contributed by atoms with Crippen molar-refractivity contribution < 1.29 is 4.79 Å². The number of hydrogen-bond donors (Lipinski definition) is 1. The molecule has 1 aliphatic rings. The predicted octanol–water partition coefficient (Wildman–Crippen LogP) is 3.30. The highest BCUT2D eigenvalue weighted by Gasteiger charge is 2.31. The van der Waals surface area contributed by atoms with Crippen LogP contribution in [0, 0.1) is 6.92 Å². The van der Waals surface area contributed by atoms with Gasteiger partial charge in [-0.3, -0.25) is 4.79 Å². The first-order chi connectivity index (χ1) is 9.27. The Kier molecular flexibility index (Phi) is 3.11. The molecule has 1 aromatic carbocycles. The van der Waals surface area contributed by atoms with Crippen molar-refractivity contribution >= 4 is 5.91 Å². The van der Waals surface area contributed by atoms with Crippen LogP contribution in [0.2, 0.25) is 0 Å². The van der Waals surface area contributed by atoms with E-state index in [2.05, 4.69) is 17.1 Å². The van der Waals surface area contributed by atoms with Gasteiger partial charge in [-0.15, -0.1) is 0 Å². The van der Waals surface area contributed by atoms with E-state index >= 15 is 0 Å². The highest BCUT2D eigenvalue weighted by atomic mass is 16.2. The molecule has 3 nitrogen and oxygen atoms in total. The van der Waals surface area contributed by atoms with Crippen LogP contribution in [0.15, 0.2) is 42.6 Å². The summed E-state index contributed by atoms with van der Waals surface area (Å²) in [7, 11) is 0. The minimum absolute atomic E-state index is 0.144. The third kappa shape index (κ3) is 2.16. The number of aromatic amines is 1. The third-order valence-electron chi connectivity index (χ3n) is 3.88. The number of carbonyl (C=O) groups is 1. The average molecular weight is 254 g/mol. The lowest BCUT2D eigenvalue weighted by Gasteiger charge is -2.25. The minimum atomic E-state index is 0.144. The van der Waals surface area contributed by atoms with Gasteiger partial charge in [-0.1, -0.05) is 30.3 Å². The standard InChI is InChI=1S/C16H18N2O/c1-12-14(9-10-17-12)16(19)18-11-5-8-15(18)13-6-3-2-4-7-13/h2-4,6-7,9-10,15,17H,5,8,11H2,1H3. The Morgan fingerprint density at radius 1 is 1.26 bits per heavy atom. The van der Waals surface area contributed by atoms with E-state index in [1.54, 1.807) is 0 Å². The number of amides is 1.